The summed E-state index contributed by atoms with van der Waals surface area (Å²) in [5.74, 6) is 0.502. The molecule has 1 atom stereocenters. The number of nitrogens with zero attached hydrogens (tertiary/aromatic N) is 2. The molecule has 116 valence electrons. The number of thiazole rings is 1. The summed E-state index contributed by atoms with van der Waals surface area (Å²) in [4.78, 5) is 29.5. The van der Waals surface area contributed by atoms with Crippen LogP contribution in [0.3, 0.4) is 0 Å². The van der Waals surface area contributed by atoms with E-state index in [0.29, 0.717) is 23.7 Å². The maximum atomic E-state index is 12.7. The standard InChI is InChI=1S/C15H16N2O4S/c1-21-9-5-6-10-12(8-9)22-14(16-10)13(18)11-4-2-3-7-17(11)15(19)20/h5-6,8,11H,2-4,7H2,1H3,(H,19,20). The van der Waals surface area contributed by atoms with Gasteiger partial charge in [0, 0.05) is 6.54 Å². The van der Waals surface area contributed by atoms with Crippen molar-refractivity contribution in [1.82, 2.24) is 9.88 Å². The first-order valence-electron chi connectivity index (χ1n) is 7.08. The lowest BCUT2D eigenvalue weighted by molar-refractivity contribution is 0.0714. The summed E-state index contributed by atoms with van der Waals surface area (Å²) in [6, 6.07) is 4.81. The largest absolute Gasteiger partial charge is 0.497 e. The topological polar surface area (TPSA) is 79.7 Å². The minimum atomic E-state index is -1.04. The van der Waals surface area contributed by atoms with Crippen LogP contribution in [0.1, 0.15) is 29.1 Å². The highest BCUT2D eigenvalue weighted by molar-refractivity contribution is 7.20. The molecule has 0 aliphatic carbocycles. The molecular weight excluding hydrogens is 304 g/mol. The Hall–Kier alpha value is -2.15. The molecule has 1 fully saturated rings. The van der Waals surface area contributed by atoms with Crippen LogP contribution in [0.2, 0.25) is 0 Å². The molecule has 22 heavy (non-hydrogen) atoms. The first kappa shape index (κ1) is 14.8. The van der Waals surface area contributed by atoms with Gasteiger partial charge in [-0.2, -0.15) is 0 Å². The molecule has 1 saturated heterocycles. The molecule has 2 aromatic rings. The minimum Gasteiger partial charge on any atom is -0.497 e. The Labute approximate surface area is 131 Å². The zero-order valence-electron chi connectivity index (χ0n) is 12.1. The fourth-order valence-corrected chi connectivity index (χ4v) is 3.70. The highest BCUT2D eigenvalue weighted by Crippen LogP contribution is 2.29. The van der Waals surface area contributed by atoms with E-state index in [1.54, 1.807) is 19.2 Å². The Bertz CT molecular complexity index is 727. The number of rotatable bonds is 3. The van der Waals surface area contributed by atoms with Crippen LogP contribution in [0, 0.1) is 0 Å². The Morgan fingerprint density at radius 3 is 2.95 bits per heavy atom. The van der Waals surface area contributed by atoms with E-state index in [9.17, 15) is 14.7 Å². The van der Waals surface area contributed by atoms with Gasteiger partial charge in [0.15, 0.2) is 5.01 Å². The number of hydrogen-bond acceptors (Lipinski definition) is 5. The zero-order chi connectivity index (χ0) is 15.7. The summed E-state index contributed by atoms with van der Waals surface area (Å²) in [5.41, 5.74) is 0.729. The van der Waals surface area contributed by atoms with Crippen molar-refractivity contribution in [3.05, 3.63) is 23.2 Å². The number of hydrogen-bond donors (Lipinski definition) is 1. The lowest BCUT2D eigenvalue weighted by atomic mass is 9.99. The SMILES string of the molecule is COc1ccc2nc(C(=O)C3CCCCN3C(=O)O)sc2c1. The molecule has 1 aromatic heterocycles. The Kier molecular flexibility index (Phi) is 3.98. The Morgan fingerprint density at radius 2 is 2.23 bits per heavy atom. The quantitative estimate of drug-likeness (QED) is 0.879. The fourth-order valence-electron chi connectivity index (χ4n) is 2.71. The number of ketones is 1. The summed E-state index contributed by atoms with van der Waals surface area (Å²) >= 11 is 1.28. The number of carboxylic acid groups (broad SMARTS) is 1. The lowest BCUT2D eigenvalue weighted by Gasteiger charge is -2.31. The number of ether oxygens (including phenoxy) is 1. The van der Waals surface area contributed by atoms with E-state index >= 15 is 0 Å². The van der Waals surface area contributed by atoms with Crippen LogP contribution in [-0.4, -0.2) is 46.6 Å². The zero-order valence-corrected chi connectivity index (χ0v) is 12.9. The number of piperidine rings is 1. The van der Waals surface area contributed by atoms with E-state index in [-0.39, 0.29) is 5.78 Å². The van der Waals surface area contributed by atoms with Crippen LogP contribution >= 0.6 is 11.3 Å². The summed E-state index contributed by atoms with van der Waals surface area (Å²) in [5, 5.41) is 9.62. The molecule has 3 rings (SSSR count). The van der Waals surface area contributed by atoms with Crippen molar-refractivity contribution < 1.29 is 19.4 Å². The first-order chi connectivity index (χ1) is 10.6. The van der Waals surface area contributed by atoms with Crippen molar-refractivity contribution in [3.63, 3.8) is 0 Å². The number of fused-ring (bicyclic) bond motifs is 1. The molecule has 1 unspecified atom stereocenters. The van der Waals surface area contributed by atoms with Crippen molar-refractivity contribution in [2.45, 2.75) is 25.3 Å². The predicted molar refractivity (Wildman–Crippen MR) is 82.9 cm³/mol. The van der Waals surface area contributed by atoms with Crippen molar-refractivity contribution in [2.75, 3.05) is 13.7 Å². The second kappa shape index (κ2) is 5.92. The number of benzene rings is 1. The van der Waals surface area contributed by atoms with Gasteiger partial charge in [-0.25, -0.2) is 9.78 Å². The molecule has 1 aromatic carbocycles. The van der Waals surface area contributed by atoms with Gasteiger partial charge in [0.2, 0.25) is 5.78 Å². The average molecular weight is 320 g/mol. The van der Waals surface area contributed by atoms with E-state index in [1.807, 2.05) is 6.07 Å². The number of carbonyl (C=O) groups is 2. The molecule has 0 radical (unpaired) electrons. The van der Waals surface area contributed by atoms with Crippen LogP contribution in [-0.2, 0) is 0 Å². The second-order valence-electron chi connectivity index (χ2n) is 5.20. The van der Waals surface area contributed by atoms with Gasteiger partial charge in [0.1, 0.15) is 11.8 Å². The molecule has 7 heteroatoms. The van der Waals surface area contributed by atoms with Crippen molar-refractivity contribution >= 4 is 33.4 Å². The van der Waals surface area contributed by atoms with Crippen LogP contribution in [0.25, 0.3) is 10.2 Å². The lowest BCUT2D eigenvalue weighted by Crippen LogP contribution is -2.47. The minimum absolute atomic E-state index is 0.206. The molecule has 2 heterocycles. The van der Waals surface area contributed by atoms with Crippen LogP contribution < -0.4 is 4.74 Å². The first-order valence-corrected chi connectivity index (χ1v) is 7.90. The van der Waals surface area contributed by atoms with Gasteiger partial charge in [-0.3, -0.25) is 9.69 Å². The van der Waals surface area contributed by atoms with Gasteiger partial charge in [0.05, 0.1) is 17.3 Å². The van der Waals surface area contributed by atoms with Gasteiger partial charge in [-0.15, -0.1) is 11.3 Å². The van der Waals surface area contributed by atoms with Crippen LogP contribution in [0.4, 0.5) is 4.79 Å². The molecular formula is C15H16N2O4S. The number of Topliss-reactive ketones (excluding diaryl/α,β-unsaturated/α-hetero) is 1. The van der Waals surface area contributed by atoms with Gasteiger partial charge in [-0.05, 0) is 37.5 Å². The molecule has 0 saturated carbocycles. The second-order valence-corrected chi connectivity index (χ2v) is 6.24. The van der Waals surface area contributed by atoms with E-state index in [1.165, 1.54) is 16.2 Å². The number of methoxy groups -OCH3 is 1. The number of amides is 1. The van der Waals surface area contributed by atoms with Gasteiger partial charge < -0.3 is 9.84 Å². The highest BCUT2D eigenvalue weighted by atomic mass is 32.1. The molecule has 1 aliphatic heterocycles. The third kappa shape index (κ3) is 2.64. The third-order valence-electron chi connectivity index (χ3n) is 3.86. The maximum Gasteiger partial charge on any atom is 0.407 e. The predicted octanol–water partition coefficient (Wildman–Crippen LogP) is 3.02. The van der Waals surface area contributed by atoms with E-state index in [4.69, 9.17) is 4.74 Å². The number of likely N-dealkylation sites (tertiary alicyclic amines) is 1. The van der Waals surface area contributed by atoms with E-state index in [2.05, 4.69) is 4.98 Å². The molecule has 0 bridgehead atoms. The molecule has 1 N–H and O–H groups in total. The van der Waals surface area contributed by atoms with Crippen molar-refractivity contribution in [3.8, 4) is 5.75 Å². The maximum absolute atomic E-state index is 12.7. The monoisotopic (exact) mass is 320 g/mol. The fraction of sp³-hybridized carbons (Fsp3) is 0.400. The van der Waals surface area contributed by atoms with E-state index in [0.717, 1.165) is 23.1 Å². The summed E-state index contributed by atoms with van der Waals surface area (Å²) in [6.07, 6.45) is 1.18. The Balaban J connectivity index is 1.92. The Morgan fingerprint density at radius 1 is 1.41 bits per heavy atom. The van der Waals surface area contributed by atoms with Gasteiger partial charge in [-0.1, -0.05) is 0 Å². The molecule has 1 amide bonds. The van der Waals surface area contributed by atoms with Gasteiger partial charge in [0.25, 0.3) is 0 Å². The molecule has 1 aliphatic rings. The molecule has 0 spiro atoms. The number of aromatic nitrogens is 1. The van der Waals surface area contributed by atoms with Crippen molar-refractivity contribution in [1.29, 1.82) is 0 Å². The van der Waals surface area contributed by atoms with Crippen LogP contribution in [0.5, 0.6) is 5.75 Å². The van der Waals surface area contributed by atoms with E-state index < -0.39 is 12.1 Å². The normalized spacial score (nSPS) is 18.4. The third-order valence-corrected chi connectivity index (χ3v) is 4.89. The summed E-state index contributed by atoms with van der Waals surface area (Å²) in [7, 11) is 1.58. The van der Waals surface area contributed by atoms with Gasteiger partial charge >= 0.3 is 6.09 Å². The van der Waals surface area contributed by atoms with Crippen LogP contribution in [0.15, 0.2) is 18.2 Å². The number of carbonyl (C=O) groups excluding carboxylic acids is 1. The average Bonchev–Trinajstić information content (AvgIpc) is 2.96. The van der Waals surface area contributed by atoms with Crippen molar-refractivity contribution in [2.24, 2.45) is 0 Å². The molecule has 6 nitrogen and oxygen atoms in total. The summed E-state index contributed by atoms with van der Waals surface area (Å²) < 4.78 is 6.03. The smallest absolute Gasteiger partial charge is 0.407 e. The highest BCUT2D eigenvalue weighted by Gasteiger charge is 2.34. The summed E-state index contributed by atoms with van der Waals surface area (Å²) in [6.45, 7) is 0.407.